The maximum absolute atomic E-state index is 12.8. The smallest absolute Gasteiger partial charge is 0.240 e. The molecule has 0 fully saturated rings. The zero-order valence-corrected chi connectivity index (χ0v) is 14.1. The second-order valence-corrected chi connectivity index (χ2v) is 7.73. The summed E-state index contributed by atoms with van der Waals surface area (Å²) in [7, 11) is -3.59. The number of hydrogen-bond donors (Lipinski definition) is 0. The van der Waals surface area contributed by atoms with Crippen LogP contribution in [0.4, 0.5) is 0 Å². The summed E-state index contributed by atoms with van der Waals surface area (Å²) in [6, 6.07) is 12.5. The molecule has 0 unspecified atom stereocenters. The Hall–Kier alpha value is -1.59. The van der Waals surface area contributed by atoms with Crippen LogP contribution >= 0.6 is 15.9 Å². The molecule has 0 N–H and O–H groups in total. The molecule has 0 aliphatic rings. The van der Waals surface area contributed by atoms with E-state index in [0.29, 0.717) is 10.4 Å². The van der Waals surface area contributed by atoms with Gasteiger partial charge in [-0.25, -0.2) is 12.4 Å². The molecule has 1 heterocycles. The zero-order chi connectivity index (χ0) is 15.2. The Kier molecular flexibility index (Phi) is 3.42. The van der Waals surface area contributed by atoms with Crippen molar-refractivity contribution in [1.29, 1.82) is 0 Å². The van der Waals surface area contributed by atoms with Gasteiger partial charge in [0.2, 0.25) is 0 Å². The number of aromatic nitrogens is 1. The van der Waals surface area contributed by atoms with Crippen molar-refractivity contribution in [2.75, 3.05) is 0 Å². The lowest BCUT2D eigenvalue weighted by molar-refractivity contribution is 0.589. The molecule has 0 radical (unpaired) electrons. The van der Waals surface area contributed by atoms with Crippen LogP contribution in [0.3, 0.4) is 0 Å². The summed E-state index contributed by atoms with van der Waals surface area (Å²) >= 11 is 3.46. The second kappa shape index (κ2) is 5.00. The van der Waals surface area contributed by atoms with Crippen molar-refractivity contribution in [3.05, 3.63) is 64.3 Å². The highest BCUT2D eigenvalue weighted by atomic mass is 79.9. The normalized spacial score (nSPS) is 12.0. The van der Waals surface area contributed by atoms with E-state index < -0.39 is 10.0 Å². The molecule has 0 bridgehead atoms. The van der Waals surface area contributed by atoms with E-state index in [0.717, 1.165) is 21.0 Å². The van der Waals surface area contributed by atoms with Crippen LogP contribution in [0, 0.1) is 13.8 Å². The summed E-state index contributed by atoms with van der Waals surface area (Å²) in [5.74, 6) is 0. The van der Waals surface area contributed by atoms with Crippen molar-refractivity contribution in [2.24, 2.45) is 0 Å². The molecule has 0 saturated heterocycles. The van der Waals surface area contributed by atoms with Gasteiger partial charge in [0.25, 0.3) is 10.0 Å². The summed E-state index contributed by atoms with van der Waals surface area (Å²) in [6.45, 7) is 3.90. The Labute approximate surface area is 132 Å². The van der Waals surface area contributed by atoms with Gasteiger partial charge in [-0.3, -0.25) is 0 Å². The van der Waals surface area contributed by atoms with Gasteiger partial charge in [0.05, 0.1) is 10.4 Å². The lowest BCUT2D eigenvalue weighted by Crippen LogP contribution is -2.11. The third-order valence-corrected chi connectivity index (χ3v) is 5.82. The molecule has 5 heteroatoms. The molecule has 0 aliphatic carbocycles. The van der Waals surface area contributed by atoms with Crippen LogP contribution in [0.1, 0.15) is 11.1 Å². The van der Waals surface area contributed by atoms with Crippen molar-refractivity contribution in [3.63, 3.8) is 0 Å². The first-order chi connectivity index (χ1) is 9.91. The maximum atomic E-state index is 12.8. The molecule has 0 spiro atoms. The Morgan fingerprint density at radius 2 is 1.67 bits per heavy atom. The Morgan fingerprint density at radius 1 is 1.00 bits per heavy atom. The van der Waals surface area contributed by atoms with E-state index >= 15 is 0 Å². The molecule has 3 rings (SSSR count). The summed E-state index contributed by atoms with van der Waals surface area (Å²) < 4.78 is 27.8. The number of aryl methyl sites for hydroxylation is 2. The molecule has 0 atom stereocenters. The molecule has 0 aliphatic heterocycles. The van der Waals surface area contributed by atoms with Gasteiger partial charge in [0.15, 0.2) is 0 Å². The van der Waals surface area contributed by atoms with Crippen LogP contribution in [0.2, 0.25) is 0 Å². The maximum Gasteiger partial charge on any atom is 0.268 e. The highest BCUT2D eigenvalue weighted by Gasteiger charge is 2.21. The largest absolute Gasteiger partial charge is 0.268 e. The fourth-order valence-electron chi connectivity index (χ4n) is 2.41. The van der Waals surface area contributed by atoms with Crippen molar-refractivity contribution in [3.8, 4) is 0 Å². The number of benzene rings is 2. The quantitative estimate of drug-likeness (QED) is 0.682. The second-order valence-electron chi connectivity index (χ2n) is 5.06. The van der Waals surface area contributed by atoms with Gasteiger partial charge in [-0.1, -0.05) is 29.8 Å². The molecule has 2 aromatic carbocycles. The van der Waals surface area contributed by atoms with E-state index in [1.54, 1.807) is 30.5 Å². The van der Waals surface area contributed by atoms with Gasteiger partial charge in [-0.05, 0) is 53.5 Å². The van der Waals surface area contributed by atoms with Gasteiger partial charge in [-0.15, -0.1) is 0 Å². The molecular weight excluding hydrogens is 350 g/mol. The monoisotopic (exact) mass is 363 g/mol. The van der Waals surface area contributed by atoms with Crippen LogP contribution in [-0.4, -0.2) is 12.4 Å². The topological polar surface area (TPSA) is 39.1 Å². The molecule has 0 saturated carbocycles. The van der Waals surface area contributed by atoms with E-state index in [9.17, 15) is 8.42 Å². The molecular formula is C16H14BrNO2S. The Morgan fingerprint density at radius 3 is 2.33 bits per heavy atom. The van der Waals surface area contributed by atoms with Crippen LogP contribution in [0.5, 0.6) is 0 Å². The zero-order valence-electron chi connectivity index (χ0n) is 11.7. The summed E-state index contributed by atoms with van der Waals surface area (Å²) in [5, 5.41) is 0.924. The van der Waals surface area contributed by atoms with Crippen molar-refractivity contribution >= 4 is 36.9 Å². The molecule has 0 amide bonds. The first-order valence-electron chi connectivity index (χ1n) is 6.49. The average molecular weight is 364 g/mol. The number of halogens is 1. The van der Waals surface area contributed by atoms with Gasteiger partial charge in [0.1, 0.15) is 0 Å². The first-order valence-corrected chi connectivity index (χ1v) is 8.73. The van der Waals surface area contributed by atoms with Gasteiger partial charge in [-0.2, -0.15) is 0 Å². The van der Waals surface area contributed by atoms with Gasteiger partial charge < -0.3 is 0 Å². The summed E-state index contributed by atoms with van der Waals surface area (Å²) in [5.41, 5.74) is 2.75. The van der Waals surface area contributed by atoms with E-state index in [1.165, 1.54) is 3.97 Å². The van der Waals surface area contributed by atoms with Gasteiger partial charge in [0, 0.05) is 16.1 Å². The van der Waals surface area contributed by atoms with Crippen molar-refractivity contribution < 1.29 is 8.42 Å². The third-order valence-electron chi connectivity index (χ3n) is 3.54. The van der Waals surface area contributed by atoms with Crippen LogP contribution < -0.4 is 0 Å². The van der Waals surface area contributed by atoms with E-state index in [2.05, 4.69) is 15.9 Å². The molecule has 3 nitrogen and oxygen atoms in total. The first kappa shape index (κ1) is 14.4. The van der Waals surface area contributed by atoms with E-state index in [4.69, 9.17) is 0 Å². The summed E-state index contributed by atoms with van der Waals surface area (Å²) in [4.78, 5) is 0.291. The number of hydrogen-bond acceptors (Lipinski definition) is 2. The minimum atomic E-state index is -3.59. The van der Waals surface area contributed by atoms with Crippen molar-refractivity contribution in [2.45, 2.75) is 18.7 Å². The SMILES string of the molecule is Cc1ccc(S(=O)(=O)n2cc(Br)c3c(C)cccc32)cc1. The highest BCUT2D eigenvalue weighted by molar-refractivity contribution is 9.10. The summed E-state index contributed by atoms with van der Waals surface area (Å²) in [6.07, 6.45) is 1.62. The Bertz CT molecular complexity index is 925. The molecule has 1 aromatic heterocycles. The minimum absolute atomic E-state index is 0.291. The van der Waals surface area contributed by atoms with Crippen molar-refractivity contribution in [1.82, 2.24) is 3.97 Å². The number of nitrogens with zero attached hydrogens (tertiary/aromatic N) is 1. The molecule has 3 aromatic rings. The van der Waals surface area contributed by atoms with E-state index in [1.807, 2.05) is 32.0 Å². The molecule has 108 valence electrons. The van der Waals surface area contributed by atoms with Gasteiger partial charge >= 0.3 is 0 Å². The number of rotatable bonds is 2. The van der Waals surface area contributed by atoms with Crippen LogP contribution in [-0.2, 0) is 10.0 Å². The highest BCUT2D eigenvalue weighted by Crippen LogP contribution is 2.31. The average Bonchev–Trinajstić information content (AvgIpc) is 2.79. The lowest BCUT2D eigenvalue weighted by Gasteiger charge is -2.08. The third kappa shape index (κ3) is 2.30. The minimum Gasteiger partial charge on any atom is -0.240 e. The predicted octanol–water partition coefficient (Wildman–Crippen LogP) is 4.26. The van der Waals surface area contributed by atoms with E-state index in [-0.39, 0.29) is 0 Å². The van der Waals surface area contributed by atoms with Crippen LogP contribution in [0.25, 0.3) is 10.9 Å². The fraction of sp³-hybridized carbons (Fsp3) is 0.125. The Balaban J connectivity index is 2.29. The fourth-order valence-corrected chi connectivity index (χ4v) is 4.62. The number of fused-ring (bicyclic) bond motifs is 1. The molecule has 21 heavy (non-hydrogen) atoms. The van der Waals surface area contributed by atoms with Crippen LogP contribution in [0.15, 0.2) is 58.0 Å². The predicted molar refractivity (Wildman–Crippen MR) is 88.1 cm³/mol. The lowest BCUT2D eigenvalue weighted by atomic mass is 10.1. The standard InChI is InChI=1S/C16H14BrNO2S/c1-11-6-8-13(9-7-11)21(19,20)18-10-14(17)16-12(2)4-3-5-15(16)18/h3-10H,1-2H3.